The highest BCUT2D eigenvalue weighted by Gasteiger charge is 2.53. The zero-order valence-electron chi connectivity index (χ0n) is 21.9. The molecule has 216 valence electrons. The molecule has 2 fully saturated rings. The molecule has 0 saturated carbocycles. The van der Waals surface area contributed by atoms with Crippen molar-refractivity contribution in [3.8, 4) is 28.7 Å². The molecule has 4 heterocycles. The monoisotopic (exact) mass is 560 g/mol. The minimum Gasteiger partial charge on any atom is -0.504 e. The average molecular weight is 561 g/mol. The zero-order chi connectivity index (χ0) is 28.1. The molecule has 13 nitrogen and oxygen atoms in total. The average Bonchev–Trinajstić information content (AvgIpc) is 3.42. The second kappa shape index (κ2) is 10.6. The third-order valence-electron chi connectivity index (χ3n) is 8.04. The Morgan fingerprint density at radius 3 is 2.38 bits per heavy atom. The van der Waals surface area contributed by atoms with Crippen LogP contribution in [0.25, 0.3) is 0 Å². The van der Waals surface area contributed by atoms with Crippen molar-refractivity contribution in [2.45, 2.75) is 43.6 Å². The Morgan fingerprint density at radius 1 is 0.975 bits per heavy atom. The second-order valence-corrected chi connectivity index (χ2v) is 10.4. The first-order chi connectivity index (χ1) is 19.3. The minimum atomic E-state index is -1.56. The SMILES string of the molecule is COc1c(O)c(CN2CCN(Cc3ccc4c(c3)OCO4)CC2)c2c(c1O)[C@H]1O[C@H](CO)[C@@H](O)[C@H](O)[C@@H]1OC2=O. The Bertz CT molecular complexity index is 1300. The van der Waals surface area contributed by atoms with Gasteiger partial charge in [-0.1, -0.05) is 6.07 Å². The van der Waals surface area contributed by atoms with Crippen molar-refractivity contribution in [1.29, 1.82) is 0 Å². The van der Waals surface area contributed by atoms with E-state index in [4.69, 9.17) is 23.7 Å². The number of carbonyl (C=O) groups excluding carboxylic acids is 1. The van der Waals surface area contributed by atoms with E-state index in [-0.39, 0.29) is 35.8 Å². The molecule has 0 aliphatic carbocycles. The number of nitrogens with zero attached hydrogens (tertiary/aromatic N) is 2. The van der Waals surface area contributed by atoms with Crippen molar-refractivity contribution in [3.05, 3.63) is 40.5 Å². The van der Waals surface area contributed by atoms with Gasteiger partial charge >= 0.3 is 5.97 Å². The van der Waals surface area contributed by atoms with Crippen LogP contribution in [0.5, 0.6) is 28.7 Å². The molecule has 5 atom stereocenters. The van der Waals surface area contributed by atoms with Gasteiger partial charge in [-0.2, -0.15) is 0 Å². The maximum absolute atomic E-state index is 13.2. The summed E-state index contributed by atoms with van der Waals surface area (Å²) in [6.07, 6.45) is -6.77. The number of hydrogen-bond donors (Lipinski definition) is 5. The van der Waals surface area contributed by atoms with Gasteiger partial charge in [0.05, 0.1) is 19.3 Å². The molecular formula is C27H32N2O11. The molecule has 2 aromatic rings. The Morgan fingerprint density at radius 2 is 1.68 bits per heavy atom. The molecule has 0 spiro atoms. The minimum absolute atomic E-state index is 0.0169. The normalized spacial score (nSPS) is 28.1. The first-order valence-electron chi connectivity index (χ1n) is 13.1. The van der Waals surface area contributed by atoms with E-state index in [1.165, 1.54) is 7.11 Å². The van der Waals surface area contributed by atoms with Crippen LogP contribution in [-0.4, -0.2) is 112 Å². The number of aliphatic hydroxyl groups excluding tert-OH is 3. The highest BCUT2D eigenvalue weighted by atomic mass is 16.7. The maximum atomic E-state index is 13.2. The number of piperazine rings is 1. The van der Waals surface area contributed by atoms with E-state index in [9.17, 15) is 30.3 Å². The third-order valence-corrected chi connectivity index (χ3v) is 8.04. The van der Waals surface area contributed by atoms with Gasteiger partial charge < -0.3 is 49.2 Å². The molecule has 0 aromatic heterocycles. The fraction of sp³-hybridized carbons (Fsp3) is 0.519. The van der Waals surface area contributed by atoms with Crippen LogP contribution in [0.4, 0.5) is 0 Å². The smallest absolute Gasteiger partial charge is 0.339 e. The van der Waals surface area contributed by atoms with Crippen LogP contribution in [0, 0.1) is 0 Å². The Hall–Kier alpha value is -3.33. The molecule has 0 radical (unpaired) electrons. The number of fused-ring (bicyclic) bond motifs is 4. The van der Waals surface area contributed by atoms with Crippen molar-refractivity contribution in [2.75, 3.05) is 46.7 Å². The van der Waals surface area contributed by atoms with Gasteiger partial charge in [-0.3, -0.25) is 9.80 Å². The fourth-order valence-electron chi connectivity index (χ4n) is 5.89. The first kappa shape index (κ1) is 26.9. The Kier molecular flexibility index (Phi) is 7.10. The Labute approximate surface area is 229 Å². The fourth-order valence-corrected chi connectivity index (χ4v) is 5.89. The number of phenolic OH excluding ortho intramolecular Hbond substituents is 2. The molecule has 40 heavy (non-hydrogen) atoms. The van der Waals surface area contributed by atoms with Gasteiger partial charge in [-0.25, -0.2) is 4.79 Å². The number of aromatic hydroxyl groups is 2. The quantitative estimate of drug-likeness (QED) is 0.296. The number of aliphatic hydroxyl groups is 3. The van der Waals surface area contributed by atoms with Crippen LogP contribution in [0.1, 0.15) is 33.2 Å². The predicted octanol–water partition coefficient (Wildman–Crippen LogP) is -0.154. The summed E-state index contributed by atoms with van der Waals surface area (Å²) < 4.78 is 27.4. The first-order valence-corrected chi connectivity index (χ1v) is 13.1. The van der Waals surface area contributed by atoms with Gasteiger partial charge in [0.1, 0.15) is 24.4 Å². The topological polar surface area (TPSA) is 171 Å². The van der Waals surface area contributed by atoms with Crippen molar-refractivity contribution in [1.82, 2.24) is 9.80 Å². The van der Waals surface area contributed by atoms with Crippen LogP contribution < -0.4 is 14.2 Å². The number of benzene rings is 2. The predicted molar refractivity (Wildman–Crippen MR) is 135 cm³/mol. The molecule has 0 unspecified atom stereocenters. The summed E-state index contributed by atoms with van der Waals surface area (Å²) in [5.74, 6) is -0.568. The number of phenols is 2. The summed E-state index contributed by atoms with van der Waals surface area (Å²) in [6.45, 7) is 3.23. The van der Waals surface area contributed by atoms with Gasteiger partial charge in [0.2, 0.25) is 12.5 Å². The van der Waals surface area contributed by atoms with E-state index in [2.05, 4.69) is 9.80 Å². The molecule has 2 aromatic carbocycles. The van der Waals surface area contributed by atoms with E-state index in [0.29, 0.717) is 13.1 Å². The molecule has 0 amide bonds. The van der Waals surface area contributed by atoms with Crippen LogP contribution in [0.3, 0.4) is 0 Å². The number of carbonyl (C=O) groups is 1. The number of rotatable bonds is 6. The summed E-state index contributed by atoms with van der Waals surface area (Å²) in [4.78, 5) is 17.6. The number of esters is 1. The van der Waals surface area contributed by atoms with E-state index in [0.717, 1.165) is 36.7 Å². The van der Waals surface area contributed by atoms with E-state index < -0.39 is 54.6 Å². The second-order valence-electron chi connectivity index (χ2n) is 10.4. The zero-order valence-corrected chi connectivity index (χ0v) is 21.9. The van der Waals surface area contributed by atoms with Gasteiger partial charge in [-0.15, -0.1) is 0 Å². The van der Waals surface area contributed by atoms with E-state index >= 15 is 0 Å². The maximum Gasteiger partial charge on any atom is 0.339 e. The van der Waals surface area contributed by atoms with Gasteiger partial charge in [-0.05, 0) is 17.7 Å². The summed E-state index contributed by atoms with van der Waals surface area (Å²) in [6, 6.07) is 5.89. The summed E-state index contributed by atoms with van der Waals surface area (Å²) in [5.41, 5.74) is 1.20. The largest absolute Gasteiger partial charge is 0.504 e. The molecule has 2 saturated heterocycles. The molecule has 5 N–H and O–H groups in total. The number of hydrogen-bond acceptors (Lipinski definition) is 13. The molecule has 6 rings (SSSR count). The lowest BCUT2D eigenvalue weighted by Crippen LogP contribution is -2.58. The highest BCUT2D eigenvalue weighted by Crippen LogP contribution is 2.52. The molecule has 0 bridgehead atoms. The summed E-state index contributed by atoms with van der Waals surface area (Å²) >= 11 is 0. The van der Waals surface area contributed by atoms with Gasteiger partial charge in [0.15, 0.2) is 29.1 Å². The van der Waals surface area contributed by atoms with Crippen LogP contribution >= 0.6 is 0 Å². The van der Waals surface area contributed by atoms with Crippen molar-refractivity contribution < 1.29 is 54.0 Å². The standard InChI is InChI=1S/C27H32N2O11/c1-36-25-20(31)14(10-29-6-4-28(5-7-29)9-13-2-3-15-16(8-13)38-12-37-15)18-19(22(25)33)24-26(40-27(18)35)23(34)21(32)17(11-30)39-24/h2-3,8,17,21,23-24,26,30-34H,4-7,9-12H2,1H3/t17-,21-,23+,24-,26+/m1/s1. The Balaban J connectivity index is 1.23. The number of ether oxygens (including phenoxy) is 5. The number of methoxy groups -OCH3 is 1. The van der Waals surface area contributed by atoms with Crippen LogP contribution in [-0.2, 0) is 22.6 Å². The van der Waals surface area contributed by atoms with Crippen molar-refractivity contribution in [2.24, 2.45) is 0 Å². The summed E-state index contributed by atoms with van der Waals surface area (Å²) in [7, 11) is 1.27. The lowest BCUT2D eigenvalue weighted by atomic mass is 9.84. The van der Waals surface area contributed by atoms with Gasteiger partial charge in [0, 0.05) is 50.4 Å². The van der Waals surface area contributed by atoms with E-state index in [1.54, 1.807) is 0 Å². The van der Waals surface area contributed by atoms with E-state index in [1.807, 2.05) is 18.2 Å². The lowest BCUT2D eigenvalue weighted by molar-refractivity contribution is -0.235. The lowest BCUT2D eigenvalue weighted by Gasteiger charge is -2.45. The summed E-state index contributed by atoms with van der Waals surface area (Å²) in [5, 5.41) is 52.6. The van der Waals surface area contributed by atoms with Crippen LogP contribution in [0.15, 0.2) is 18.2 Å². The molecular weight excluding hydrogens is 528 g/mol. The van der Waals surface area contributed by atoms with Gasteiger partial charge in [0.25, 0.3) is 0 Å². The molecule has 4 aliphatic rings. The third kappa shape index (κ3) is 4.48. The van der Waals surface area contributed by atoms with Crippen molar-refractivity contribution in [3.63, 3.8) is 0 Å². The highest BCUT2D eigenvalue weighted by molar-refractivity contribution is 5.97. The molecule has 13 heteroatoms. The van der Waals surface area contributed by atoms with Crippen molar-refractivity contribution >= 4 is 5.97 Å². The van der Waals surface area contributed by atoms with Crippen LogP contribution in [0.2, 0.25) is 0 Å². The molecule has 4 aliphatic heterocycles.